The van der Waals surface area contributed by atoms with Crippen molar-refractivity contribution < 1.29 is 29.0 Å². The highest BCUT2D eigenvalue weighted by atomic mass is 16.5. The van der Waals surface area contributed by atoms with E-state index in [1.165, 1.54) is 4.90 Å². The first-order chi connectivity index (χ1) is 16.5. The molecule has 8 nitrogen and oxygen atoms in total. The van der Waals surface area contributed by atoms with Gasteiger partial charge in [0.25, 0.3) is 0 Å². The van der Waals surface area contributed by atoms with Crippen molar-refractivity contribution in [1.29, 1.82) is 0 Å². The Labute approximate surface area is 198 Å². The van der Waals surface area contributed by atoms with E-state index in [4.69, 9.17) is 9.47 Å². The summed E-state index contributed by atoms with van der Waals surface area (Å²) in [5.74, 6) is -2.18. The van der Waals surface area contributed by atoms with E-state index in [0.717, 1.165) is 22.3 Å². The van der Waals surface area contributed by atoms with Crippen LogP contribution in [0.4, 0.5) is 4.79 Å². The van der Waals surface area contributed by atoms with Crippen molar-refractivity contribution in [2.45, 2.75) is 38.3 Å². The first-order valence-electron chi connectivity index (χ1n) is 11.7. The zero-order valence-electron chi connectivity index (χ0n) is 19.4. The van der Waals surface area contributed by atoms with Gasteiger partial charge < -0.3 is 24.8 Å². The molecule has 180 valence electrons. The zero-order chi connectivity index (χ0) is 24.2. The van der Waals surface area contributed by atoms with E-state index in [1.807, 2.05) is 36.4 Å². The molecule has 1 aliphatic carbocycles. The molecule has 0 aromatic heterocycles. The molecule has 3 atom stereocenters. The van der Waals surface area contributed by atoms with Gasteiger partial charge >= 0.3 is 12.1 Å². The van der Waals surface area contributed by atoms with Gasteiger partial charge in [0, 0.05) is 12.5 Å². The number of nitrogens with zero attached hydrogens (tertiary/aromatic N) is 1. The monoisotopic (exact) mass is 466 g/mol. The molecule has 1 fully saturated rings. The molecule has 2 amide bonds. The number of likely N-dealkylation sites (N-methyl/N-ethyl adjacent to an activating group) is 1. The minimum absolute atomic E-state index is 0.0698. The van der Waals surface area contributed by atoms with E-state index in [0.29, 0.717) is 13.0 Å². The number of ether oxygens (including phenoxy) is 2. The third-order valence-corrected chi connectivity index (χ3v) is 6.73. The zero-order valence-corrected chi connectivity index (χ0v) is 19.4. The first-order valence-corrected chi connectivity index (χ1v) is 11.7. The average molecular weight is 467 g/mol. The number of carboxylic acids is 1. The number of carbonyl (C=O) groups excluding carboxylic acids is 2. The number of rotatable bonds is 8. The van der Waals surface area contributed by atoms with E-state index in [2.05, 4.69) is 17.4 Å². The van der Waals surface area contributed by atoms with Gasteiger partial charge in [-0.25, -0.2) is 4.79 Å². The molecule has 2 unspecified atom stereocenters. The number of hydrogen-bond acceptors (Lipinski definition) is 5. The number of fused-ring (bicyclic) bond motifs is 3. The van der Waals surface area contributed by atoms with Gasteiger partial charge in [0.2, 0.25) is 5.91 Å². The maximum atomic E-state index is 13.2. The maximum Gasteiger partial charge on any atom is 0.407 e. The van der Waals surface area contributed by atoms with Crippen LogP contribution in [0.5, 0.6) is 0 Å². The number of nitrogens with one attached hydrogen (secondary N) is 1. The lowest BCUT2D eigenvalue weighted by Gasteiger charge is -2.32. The van der Waals surface area contributed by atoms with Crippen LogP contribution in [0.1, 0.15) is 37.3 Å². The predicted octanol–water partition coefficient (Wildman–Crippen LogP) is 3.25. The average Bonchev–Trinajstić information content (AvgIpc) is 3.45. The SMILES string of the molecule is CC[C@H](NC(=O)OCC1c2ccccc2-c2ccccc21)C(=O)N(CC)C1COCC1C(=O)O. The van der Waals surface area contributed by atoms with Crippen LogP contribution in [0, 0.1) is 5.92 Å². The topological polar surface area (TPSA) is 105 Å². The van der Waals surface area contributed by atoms with Crippen molar-refractivity contribution >= 4 is 18.0 Å². The van der Waals surface area contributed by atoms with Gasteiger partial charge in [-0.05, 0) is 35.6 Å². The van der Waals surface area contributed by atoms with Crippen molar-refractivity contribution in [2.75, 3.05) is 26.4 Å². The summed E-state index contributed by atoms with van der Waals surface area (Å²) in [7, 11) is 0. The molecule has 8 heteroatoms. The van der Waals surface area contributed by atoms with Crippen molar-refractivity contribution in [3.8, 4) is 11.1 Å². The Balaban J connectivity index is 1.41. The lowest BCUT2D eigenvalue weighted by atomic mass is 9.98. The summed E-state index contributed by atoms with van der Waals surface area (Å²) in [6.45, 7) is 4.28. The summed E-state index contributed by atoms with van der Waals surface area (Å²) in [6, 6.07) is 14.8. The first kappa shape index (κ1) is 23.8. The summed E-state index contributed by atoms with van der Waals surface area (Å²) in [5, 5.41) is 12.1. The smallest absolute Gasteiger partial charge is 0.407 e. The molecule has 34 heavy (non-hydrogen) atoms. The lowest BCUT2D eigenvalue weighted by Crippen LogP contribution is -2.54. The van der Waals surface area contributed by atoms with Crippen molar-refractivity contribution in [2.24, 2.45) is 5.92 Å². The van der Waals surface area contributed by atoms with Gasteiger partial charge in [-0.15, -0.1) is 0 Å². The normalized spacial score (nSPS) is 19.7. The predicted molar refractivity (Wildman–Crippen MR) is 125 cm³/mol. The lowest BCUT2D eigenvalue weighted by molar-refractivity contribution is -0.145. The second-order valence-electron chi connectivity index (χ2n) is 8.60. The number of carboxylic acid groups (broad SMARTS) is 1. The number of carbonyl (C=O) groups is 3. The summed E-state index contributed by atoms with van der Waals surface area (Å²) in [4.78, 5) is 38.9. The summed E-state index contributed by atoms with van der Waals surface area (Å²) in [5.41, 5.74) is 4.49. The Morgan fingerprint density at radius 3 is 2.24 bits per heavy atom. The van der Waals surface area contributed by atoms with E-state index in [9.17, 15) is 19.5 Å². The van der Waals surface area contributed by atoms with E-state index in [1.54, 1.807) is 13.8 Å². The van der Waals surface area contributed by atoms with Crippen molar-refractivity contribution in [3.63, 3.8) is 0 Å². The molecule has 4 rings (SSSR count). The molecule has 0 radical (unpaired) electrons. The second kappa shape index (κ2) is 10.3. The highest BCUT2D eigenvalue weighted by molar-refractivity contribution is 5.86. The Hall–Kier alpha value is -3.39. The second-order valence-corrected chi connectivity index (χ2v) is 8.60. The molecule has 2 N–H and O–H groups in total. The Morgan fingerprint density at radius 2 is 1.68 bits per heavy atom. The van der Waals surface area contributed by atoms with Crippen LogP contribution in [0.2, 0.25) is 0 Å². The molecule has 0 saturated carbocycles. The van der Waals surface area contributed by atoms with Crippen LogP contribution in [0.3, 0.4) is 0 Å². The Bertz CT molecular complexity index is 1030. The fraction of sp³-hybridized carbons (Fsp3) is 0.423. The number of amides is 2. The van der Waals surface area contributed by atoms with E-state index >= 15 is 0 Å². The third kappa shape index (κ3) is 4.50. The summed E-state index contributed by atoms with van der Waals surface area (Å²) < 4.78 is 10.9. The van der Waals surface area contributed by atoms with Crippen LogP contribution < -0.4 is 5.32 Å². The van der Waals surface area contributed by atoms with Crippen molar-refractivity contribution in [1.82, 2.24) is 10.2 Å². The number of alkyl carbamates (subject to hydrolysis) is 1. The number of aliphatic carboxylic acids is 1. The summed E-state index contributed by atoms with van der Waals surface area (Å²) >= 11 is 0. The summed E-state index contributed by atoms with van der Waals surface area (Å²) in [6.07, 6.45) is -0.319. The molecular formula is C26H30N2O6. The molecule has 2 aliphatic rings. The molecule has 2 aromatic rings. The fourth-order valence-corrected chi connectivity index (χ4v) is 4.96. The maximum absolute atomic E-state index is 13.2. The highest BCUT2D eigenvalue weighted by Gasteiger charge is 2.41. The Morgan fingerprint density at radius 1 is 1.06 bits per heavy atom. The van der Waals surface area contributed by atoms with Crippen LogP contribution in [-0.4, -0.2) is 66.4 Å². The largest absolute Gasteiger partial charge is 0.481 e. The van der Waals surface area contributed by atoms with Gasteiger partial charge in [-0.1, -0.05) is 55.5 Å². The minimum Gasteiger partial charge on any atom is -0.481 e. The van der Waals surface area contributed by atoms with Gasteiger partial charge in [0.05, 0.1) is 19.3 Å². The number of hydrogen-bond donors (Lipinski definition) is 2. The quantitative estimate of drug-likeness (QED) is 0.619. The van der Waals surface area contributed by atoms with Gasteiger partial charge in [0.1, 0.15) is 18.6 Å². The van der Waals surface area contributed by atoms with Crippen molar-refractivity contribution in [3.05, 3.63) is 59.7 Å². The van der Waals surface area contributed by atoms with Crippen LogP contribution in [-0.2, 0) is 19.1 Å². The van der Waals surface area contributed by atoms with Crippen LogP contribution >= 0.6 is 0 Å². The highest BCUT2D eigenvalue weighted by Crippen LogP contribution is 2.44. The molecule has 1 heterocycles. The molecular weight excluding hydrogens is 436 g/mol. The fourth-order valence-electron chi connectivity index (χ4n) is 4.96. The molecule has 1 aliphatic heterocycles. The van der Waals surface area contributed by atoms with E-state index in [-0.39, 0.29) is 31.6 Å². The molecule has 1 saturated heterocycles. The molecule has 2 aromatic carbocycles. The van der Waals surface area contributed by atoms with Gasteiger partial charge in [-0.3, -0.25) is 9.59 Å². The minimum atomic E-state index is -0.994. The van der Waals surface area contributed by atoms with Gasteiger partial charge in [0.15, 0.2) is 0 Å². The molecule has 0 spiro atoms. The van der Waals surface area contributed by atoms with E-state index < -0.39 is 30.1 Å². The molecule has 0 bridgehead atoms. The van der Waals surface area contributed by atoms with Gasteiger partial charge in [-0.2, -0.15) is 0 Å². The van der Waals surface area contributed by atoms with Crippen LogP contribution in [0.25, 0.3) is 11.1 Å². The van der Waals surface area contributed by atoms with Crippen LogP contribution in [0.15, 0.2) is 48.5 Å². The number of benzene rings is 2. The Kier molecular flexibility index (Phi) is 7.17. The third-order valence-electron chi connectivity index (χ3n) is 6.73. The standard InChI is InChI=1S/C26H30N2O6/c1-3-22(24(29)28(4-2)23-15-33-13-21(23)25(30)31)27-26(32)34-14-20-18-11-7-5-9-16(18)17-10-6-8-12-19(17)20/h5-12,20-23H,3-4,13-15H2,1-2H3,(H,27,32)(H,30,31)/t21?,22-,23?/m0/s1.